The molecule has 0 spiro atoms. The Labute approximate surface area is 201 Å². The highest BCUT2D eigenvalue weighted by Crippen LogP contribution is 2.30. The molecule has 7 N–H and O–H groups in total. The number of aliphatic hydroxyl groups is 7. The van der Waals surface area contributed by atoms with Gasteiger partial charge in [-0.1, -0.05) is 52.4 Å². The van der Waals surface area contributed by atoms with Gasteiger partial charge in [-0.2, -0.15) is 0 Å². The molecular weight excluding hydrogens is 452 g/mol. The van der Waals surface area contributed by atoms with Gasteiger partial charge in [-0.15, -0.1) is 0 Å². The first-order chi connectivity index (χ1) is 16.3. The Bertz CT molecular complexity index is 549. The number of rotatable bonds is 14. The van der Waals surface area contributed by atoms with Crippen LogP contribution < -0.4 is 0 Å². The first kappa shape index (κ1) is 29.8. The van der Waals surface area contributed by atoms with Crippen molar-refractivity contribution in [3.05, 3.63) is 0 Å². The van der Waals surface area contributed by atoms with Gasteiger partial charge in [-0.25, -0.2) is 0 Å². The topological polar surface area (TPSA) is 179 Å². The van der Waals surface area contributed by atoms with Gasteiger partial charge in [-0.05, 0) is 12.8 Å². The summed E-state index contributed by atoms with van der Waals surface area (Å²) in [6.45, 7) is 2.90. The Kier molecular flexibility index (Phi) is 13.1. The fourth-order valence-corrected chi connectivity index (χ4v) is 4.38. The highest BCUT2D eigenvalue weighted by molar-refractivity contribution is 4.94. The van der Waals surface area contributed by atoms with E-state index in [-0.39, 0.29) is 6.10 Å². The zero-order valence-corrected chi connectivity index (χ0v) is 20.2. The molecule has 11 heteroatoms. The summed E-state index contributed by atoms with van der Waals surface area (Å²) in [5.74, 6) is 0. The van der Waals surface area contributed by atoms with E-state index in [9.17, 15) is 35.7 Å². The zero-order valence-electron chi connectivity index (χ0n) is 20.2. The summed E-state index contributed by atoms with van der Waals surface area (Å²) in [5, 5.41) is 70.6. The smallest absolute Gasteiger partial charge is 0.187 e. The molecule has 11 atom stereocenters. The average molecular weight is 497 g/mol. The number of ether oxygens (including phenoxy) is 4. The van der Waals surface area contributed by atoms with Crippen LogP contribution in [0.1, 0.15) is 65.2 Å². The molecule has 0 radical (unpaired) electrons. The van der Waals surface area contributed by atoms with Crippen molar-refractivity contribution >= 4 is 0 Å². The van der Waals surface area contributed by atoms with Gasteiger partial charge in [0.2, 0.25) is 0 Å². The Morgan fingerprint density at radius 1 is 0.676 bits per heavy atom. The van der Waals surface area contributed by atoms with E-state index in [0.29, 0.717) is 6.42 Å². The van der Waals surface area contributed by atoms with Crippen LogP contribution in [0, 0.1) is 0 Å². The van der Waals surface area contributed by atoms with Crippen LogP contribution in [0.3, 0.4) is 0 Å². The largest absolute Gasteiger partial charge is 0.394 e. The maximum atomic E-state index is 10.7. The predicted molar refractivity (Wildman–Crippen MR) is 120 cm³/mol. The standard InChI is InChI=1S/C23H44O11/c1-3-5-6-7-8-9-10-13(4-2)31-22-20(30)18(28)21(15(12-25)33-22)34-23-19(29)17(27)16(26)14(11-24)32-23/h13-30H,3-12H2,1-2H3/t13?,14-,15-,16-,17+,18-,19-,20-,21-,22-,23-/m1/s1. The van der Waals surface area contributed by atoms with E-state index in [1.54, 1.807) is 0 Å². The Balaban J connectivity index is 1.95. The molecule has 2 fully saturated rings. The lowest BCUT2D eigenvalue weighted by Crippen LogP contribution is -2.64. The van der Waals surface area contributed by atoms with Crippen LogP contribution in [0.2, 0.25) is 0 Å². The van der Waals surface area contributed by atoms with Crippen molar-refractivity contribution < 1.29 is 54.7 Å². The van der Waals surface area contributed by atoms with Crippen LogP contribution in [0.25, 0.3) is 0 Å². The van der Waals surface area contributed by atoms with Gasteiger partial charge in [0.15, 0.2) is 12.6 Å². The first-order valence-electron chi connectivity index (χ1n) is 12.5. The molecule has 34 heavy (non-hydrogen) atoms. The molecule has 0 aromatic rings. The maximum absolute atomic E-state index is 10.7. The minimum atomic E-state index is -1.70. The minimum Gasteiger partial charge on any atom is -0.394 e. The molecule has 0 amide bonds. The van der Waals surface area contributed by atoms with Crippen molar-refractivity contribution in [2.75, 3.05) is 13.2 Å². The number of aliphatic hydroxyl groups excluding tert-OH is 7. The minimum absolute atomic E-state index is 0.194. The highest BCUT2D eigenvalue weighted by atomic mass is 16.7. The second-order valence-corrected chi connectivity index (χ2v) is 9.23. The highest BCUT2D eigenvalue weighted by Gasteiger charge is 2.50. The molecule has 0 aliphatic carbocycles. The number of hydrogen-bond acceptors (Lipinski definition) is 11. The molecular formula is C23H44O11. The SMILES string of the molecule is CCCCCCCCC(CC)O[C@@H]1O[C@H](CO)[C@@H](O[C@H]2O[C@H](CO)[C@@H](O)[C@H](O)[C@H]2O)[C@H](O)[C@H]1O. The third-order valence-corrected chi connectivity index (χ3v) is 6.62. The Hall–Kier alpha value is -0.440. The van der Waals surface area contributed by atoms with Gasteiger partial charge >= 0.3 is 0 Å². The van der Waals surface area contributed by atoms with Crippen LogP contribution in [0.15, 0.2) is 0 Å². The normalized spacial score (nSPS) is 39.8. The third-order valence-electron chi connectivity index (χ3n) is 6.62. The monoisotopic (exact) mass is 496 g/mol. The van der Waals surface area contributed by atoms with Crippen LogP contribution in [0.5, 0.6) is 0 Å². The third kappa shape index (κ3) is 7.78. The second kappa shape index (κ2) is 15.0. The summed E-state index contributed by atoms with van der Waals surface area (Å²) in [7, 11) is 0. The molecule has 2 saturated heterocycles. The molecule has 11 nitrogen and oxygen atoms in total. The molecule has 0 aromatic heterocycles. The van der Waals surface area contributed by atoms with E-state index in [4.69, 9.17) is 18.9 Å². The predicted octanol–water partition coefficient (Wildman–Crippen LogP) is -0.844. The molecule has 1 unspecified atom stereocenters. The van der Waals surface area contributed by atoms with Crippen LogP contribution in [-0.4, -0.2) is 116 Å². The Morgan fingerprint density at radius 3 is 1.88 bits per heavy atom. The summed E-state index contributed by atoms with van der Waals surface area (Å²) in [6, 6.07) is 0. The van der Waals surface area contributed by atoms with Gasteiger partial charge in [0, 0.05) is 0 Å². The summed E-state index contributed by atoms with van der Waals surface area (Å²) in [6.07, 6.45) is -6.28. The van der Waals surface area contributed by atoms with E-state index in [1.807, 2.05) is 6.92 Å². The molecule has 0 aromatic carbocycles. The van der Waals surface area contributed by atoms with E-state index >= 15 is 0 Å². The fraction of sp³-hybridized carbons (Fsp3) is 1.00. The molecule has 2 rings (SSSR count). The quantitative estimate of drug-likeness (QED) is 0.149. The molecule has 0 saturated carbocycles. The molecule has 2 aliphatic rings. The summed E-state index contributed by atoms with van der Waals surface area (Å²) >= 11 is 0. The van der Waals surface area contributed by atoms with Crippen molar-refractivity contribution in [1.82, 2.24) is 0 Å². The van der Waals surface area contributed by atoms with Gasteiger partial charge in [0.25, 0.3) is 0 Å². The van der Waals surface area contributed by atoms with Crippen molar-refractivity contribution in [2.24, 2.45) is 0 Å². The lowest BCUT2D eigenvalue weighted by atomic mass is 9.97. The van der Waals surface area contributed by atoms with E-state index in [0.717, 1.165) is 25.7 Å². The first-order valence-corrected chi connectivity index (χ1v) is 12.5. The second-order valence-electron chi connectivity index (χ2n) is 9.23. The lowest BCUT2D eigenvalue weighted by molar-refractivity contribution is -0.362. The average Bonchev–Trinajstić information content (AvgIpc) is 2.84. The molecule has 2 aliphatic heterocycles. The van der Waals surface area contributed by atoms with E-state index in [1.165, 1.54) is 19.3 Å². The summed E-state index contributed by atoms with van der Waals surface area (Å²) in [4.78, 5) is 0. The fourth-order valence-electron chi connectivity index (χ4n) is 4.38. The van der Waals surface area contributed by atoms with E-state index < -0.39 is 74.6 Å². The zero-order chi connectivity index (χ0) is 25.3. The van der Waals surface area contributed by atoms with Gasteiger partial charge < -0.3 is 54.7 Å². The maximum Gasteiger partial charge on any atom is 0.187 e. The van der Waals surface area contributed by atoms with Crippen LogP contribution in [-0.2, 0) is 18.9 Å². The Morgan fingerprint density at radius 2 is 1.26 bits per heavy atom. The van der Waals surface area contributed by atoms with Gasteiger partial charge in [-0.3, -0.25) is 0 Å². The lowest BCUT2D eigenvalue weighted by Gasteiger charge is -2.46. The van der Waals surface area contributed by atoms with Gasteiger partial charge in [0.05, 0.1) is 19.3 Å². The van der Waals surface area contributed by atoms with Crippen LogP contribution in [0.4, 0.5) is 0 Å². The number of unbranched alkanes of at least 4 members (excludes halogenated alkanes) is 5. The number of hydrogen-bond donors (Lipinski definition) is 7. The van der Waals surface area contributed by atoms with Gasteiger partial charge in [0.1, 0.15) is 48.8 Å². The molecule has 0 bridgehead atoms. The molecule has 202 valence electrons. The summed E-state index contributed by atoms with van der Waals surface area (Å²) in [5.41, 5.74) is 0. The van der Waals surface area contributed by atoms with Crippen molar-refractivity contribution in [3.8, 4) is 0 Å². The van der Waals surface area contributed by atoms with E-state index in [2.05, 4.69) is 6.92 Å². The molecule has 2 heterocycles. The van der Waals surface area contributed by atoms with Crippen LogP contribution >= 0.6 is 0 Å². The van der Waals surface area contributed by atoms with Crippen molar-refractivity contribution in [2.45, 2.75) is 133 Å². The van der Waals surface area contributed by atoms with Crippen molar-refractivity contribution in [3.63, 3.8) is 0 Å². The van der Waals surface area contributed by atoms with Crippen molar-refractivity contribution in [1.29, 1.82) is 0 Å². The summed E-state index contributed by atoms with van der Waals surface area (Å²) < 4.78 is 22.5.